The van der Waals surface area contributed by atoms with Crippen LogP contribution in [-0.4, -0.2) is 23.0 Å². The average molecular weight is 538 g/mol. The second kappa shape index (κ2) is 11.8. The highest BCUT2D eigenvalue weighted by atomic mass is 79.9. The highest BCUT2D eigenvalue weighted by molar-refractivity contribution is 9.10. The van der Waals surface area contributed by atoms with Gasteiger partial charge in [-0.1, -0.05) is 59.3 Å². The number of nitrogens with one attached hydrogen (secondary N) is 2. The summed E-state index contributed by atoms with van der Waals surface area (Å²) in [5.74, 6) is -1.74. The highest BCUT2D eigenvalue weighted by Gasteiger charge is 2.26. The summed E-state index contributed by atoms with van der Waals surface area (Å²) in [5, 5.41) is 15.3. The summed E-state index contributed by atoms with van der Waals surface area (Å²) in [7, 11) is 0. The number of phenolic OH excluding ortho intramolecular Hbond substituents is 1. The molecule has 9 heteroatoms. The van der Waals surface area contributed by atoms with Crippen LogP contribution in [0.2, 0.25) is 0 Å². The van der Waals surface area contributed by atoms with Crippen molar-refractivity contribution in [3.63, 3.8) is 0 Å². The number of amides is 3. The summed E-state index contributed by atoms with van der Waals surface area (Å²) < 4.78 is 6.19. The van der Waals surface area contributed by atoms with Gasteiger partial charge in [-0.25, -0.2) is 4.79 Å². The molecule has 3 aromatic rings. The van der Waals surface area contributed by atoms with E-state index in [9.17, 15) is 19.5 Å². The minimum absolute atomic E-state index is 0.109. The number of alkyl carbamates (subject to hydrolysis) is 1. The van der Waals surface area contributed by atoms with E-state index >= 15 is 0 Å². The second-order valence-corrected chi connectivity index (χ2v) is 8.56. The number of nitrogens with two attached hydrogens (primary N) is 1. The molecule has 0 aliphatic heterocycles. The number of para-hydroxylation sites is 2. The first kappa shape index (κ1) is 25.5. The summed E-state index contributed by atoms with van der Waals surface area (Å²) in [5.41, 5.74) is 7.32. The van der Waals surface area contributed by atoms with Crippen molar-refractivity contribution in [1.82, 2.24) is 5.32 Å². The number of ether oxygens (including phenoxy) is 1. The van der Waals surface area contributed by atoms with Crippen LogP contribution in [-0.2, 0) is 9.53 Å². The lowest BCUT2D eigenvalue weighted by Gasteiger charge is -2.23. The number of imide groups is 1. The van der Waals surface area contributed by atoms with E-state index in [4.69, 9.17) is 10.5 Å². The van der Waals surface area contributed by atoms with E-state index in [1.807, 2.05) is 0 Å². The topological polar surface area (TPSA) is 131 Å². The summed E-state index contributed by atoms with van der Waals surface area (Å²) >= 11 is 3.34. The van der Waals surface area contributed by atoms with Gasteiger partial charge in [0.25, 0.3) is 5.91 Å². The Bertz CT molecular complexity index is 1250. The molecule has 2 atom stereocenters. The molecule has 3 rings (SSSR count). The number of aromatic hydroxyl groups is 1. The number of phenols is 1. The van der Waals surface area contributed by atoms with Gasteiger partial charge in [0, 0.05) is 21.5 Å². The molecule has 35 heavy (non-hydrogen) atoms. The van der Waals surface area contributed by atoms with Gasteiger partial charge in [0.05, 0.1) is 11.4 Å². The molecule has 0 saturated carbocycles. The molecule has 0 aliphatic rings. The minimum atomic E-state index is -1.01. The zero-order valence-corrected chi connectivity index (χ0v) is 20.4. The highest BCUT2D eigenvalue weighted by Crippen LogP contribution is 2.35. The lowest BCUT2D eigenvalue weighted by atomic mass is 9.96. The maximum Gasteiger partial charge on any atom is 0.414 e. The number of hydrogen-bond acceptors (Lipinski definition) is 6. The van der Waals surface area contributed by atoms with E-state index in [-0.39, 0.29) is 11.3 Å². The Labute approximate surface area is 210 Å². The number of benzene rings is 3. The van der Waals surface area contributed by atoms with Crippen LogP contribution in [0.15, 0.2) is 89.4 Å². The van der Waals surface area contributed by atoms with E-state index in [1.165, 1.54) is 18.2 Å². The number of anilines is 2. The molecule has 5 N–H and O–H groups in total. The van der Waals surface area contributed by atoms with Crippen molar-refractivity contribution >= 4 is 45.2 Å². The van der Waals surface area contributed by atoms with Crippen molar-refractivity contribution in [2.24, 2.45) is 5.92 Å². The van der Waals surface area contributed by atoms with E-state index in [0.29, 0.717) is 21.4 Å². The molecule has 0 spiro atoms. The zero-order chi connectivity index (χ0) is 25.4. The van der Waals surface area contributed by atoms with Gasteiger partial charge in [-0.2, -0.15) is 0 Å². The Kier molecular flexibility index (Phi) is 8.63. The van der Waals surface area contributed by atoms with Crippen LogP contribution in [0.4, 0.5) is 16.2 Å². The summed E-state index contributed by atoms with van der Waals surface area (Å²) in [6.07, 6.45) is 0.813. The molecule has 180 valence electrons. The summed E-state index contributed by atoms with van der Waals surface area (Å²) in [6, 6.07) is 19.7. The smallest absolute Gasteiger partial charge is 0.414 e. The monoisotopic (exact) mass is 537 g/mol. The van der Waals surface area contributed by atoms with Crippen molar-refractivity contribution in [2.75, 3.05) is 11.1 Å². The number of nitrogen functional groups attached to an aromatic ring is 1. The van der Waals surface area contributed by atoms with Crippen LogP contribution in [0.1, 0.15) is 28.9 Å². The standard InChI is InChI=1S/C26H24BrN3O5/c1-16(11-14-23(32)29-21-10-6-5-9-20(21)28)24(19-15-18(27)12-13-22(19)31)35-26(34)30-25(33)17-7-3-2-4-8-17/h2-16,24,31H,28H2,1H3,(H,29,32)(H,30,33,34)/b14-11+/t16-,24+/m1/s1. The van der Waals surface area contributed by atoms with Crippen LogP contribution >= 0.6 is 15.9 Å². The van der Waals surface area contributed by atoms with Gasteiger partial charge < -0.3 is 20.9 Å². The molecule has 3 aromatic carbocycles. The van der Waals surface area contributed by atoms with Gasteiger partial charge in [0.1, 0.15) is 11.9 Å². The van der Waals surface area contributed by atoms with Crippen molar-refractivity contribution in [1.29, 1.82) is 0 Å². The van der Waals surface area contributed by atoms with Gasteiger partial charge in [-0.3, -0.25) is 14.9 Å². The molecule has 0 fully saturated rings. The average Bonchev–Trinajstić information content (AvgIpc) is 2.84. The normalized spacial score (nSPS) is 12.5. The third kappa shape index (κ3) is 7.18. The van der Waals surface area contributed by atoms with E-state index in [2.05, 4.69) is 26.6 Å². The first-order valence-electron chi connectivity index (χ1n) is 10.6. The predicted octanol–water partition coefficient (Wildman–Crippen LogP) is 5.18. The van der Waals surface area contributed by atoms with Crippen LogP contribution in [0.25, 0.3) is 0 Å². The fourth-order valence-electron chi connectivity index (χ4n) is 3.23. The van der Waals surface area contributed by atoms with Crippen molar-refractivity contribution in [2.45, 2.75) is 13.0 Å². The molecule has 0 bridgehead atoms. The van der Waals surface area contributed by atoms with Crippen LogP contribution in [0.3, 0.4) is 0 Å². The Morgan fingerprint density at radius 2 is 1.71 bits per heavy atom. The van der Waals surface area contributed by atoms with Gasteiger partial charge in [-0.15, -0.1) is 0 Å². The molecule has 3 amide bonds. The molecular formula is C26H24BrN3O5. The van der Waals surface area contributed by atoms with E-state index in [0.717, 1.165) is 0 Å². The third-order valence-corrected chi connectivity index (χ3v) is 5.52. The molecule has 0 aliphatic carbocycles. The number of halogens is 1. The first-order valence-corrected chi connectivity index (χ1v) is 11.4. The maximum absolute atomic E-state index is 12.6. The van der Waals surface area contributed by atoms with Crippen LogP contribution in [0, 0.1) is 5.92 Å². The van der Waals surface area contributed by atoms with E-state index in [1.54, 1.807) is 73.7 Å². The quantitative estimate of drug-likeness (QED) is 0.242. The molecule has 0 radical (unpaired) electrons. The van der Waals surface area contributed by atoms with Crippen molar-refractivity contribution < 1.29 is 24.2 Å². The predicted molar refractivity (Wildman–Crippen MR) is 137 cm³/mol. The van der Waals surface area contributed by atoms with Gasteiger partial charge in [0.2, 0.25) is 5.91 Å². The Hall–Kier alpha value is -4.11. The Balaban J connectivity index is 1.77. The summed E-state index contributed by atoms with van der Waals surface area (Å²) in [6.45, 7) is 1.71. The minimum Gasteiger partial charge on any atom is -0.508 e. The number of carbonyl (C=O) groups excluding carboxylic acids is 3. The molecule has 8 nitrogen and oxygen atoms in total. The van der Waals surface area contributed by atoms with Crippen molar-refractivity contribution in [3.05, 3.63) is 101 Å². The number of carbonyl (C=O) groups is 3. The maximum atomic E-state index is 12.6. The molecule has 0 saturated heterocycles. The summed E-state index contributed by atoms with van der Waals surface area (Å²) in [4.78, 5) is 37.3. The van der Waals surface area contributed by atoms with Gasteiger partial charge in [0.15, 0.2) is 0 Å². The van der Waals surface area contributed by atoms with Crippen LogP contribution < -0.4 is 16.4 Å². The molecule has 0 aromatic heterocycles. The lowest BCUT2D eigenvalue weighted by Crippen LogP contribution is -2.33. The first-order chi connectivity index (χ1) is 16.7. The fourth-order valence-corrected chi connectivity index (χ4v) is 3.61. The fraction of sp³-hybridized carbons (Fsp3) is 0.115. The van der Waals surface area contributed by atoms with E-state index < -0.39 is 29.9 Å². The van der Waals surface area contributed by atoms with Gasteiger partial charge in [-0.05, 0) is 48.5 Å². The van der Waals surface area contributed by atoms with Crippen LogP contribution in [0.5, 0.6) is 5.75 Å². The van der Waals surface area contributed by atoms with Gasteiger partial charge >= 0.3 is 6.09 Å². The largest absolute Gasteiger partial charge is 0.508 e. The number of rotatable bonds is 7. The molecule has 0 heterocycles. The van der Waals surface area contributed by atoms with Crippen molar-refractivity contribution in [3.8, 4) is 5.75 Å². The second-order valence-electron chi connectivity index (χ2n) is 7.64. The SMILES string of the molecule is C[C@H](/C=C/C(=O)Nc1ccccc1N)[C@H](OC(=O)NC(=O)c1ccccc1)c1cc(Br)ccc1O. The molecular weight excluding hydrogens is 514 g/mol. The zero-order valence-electron chi connectivity index (χ0n) is 18.8. The Morgan fingerprint density at radius 1 is 1.03 bits per heavy atom. The Morgan fingerprint density at radius 3 is 2.43 bits per heavy atom. The lowest BCUT2D eigenvalue weighted by molar-refractivity contribution is -0.111. The molecule has 0 unspecified atom stereocenters. The number of hydrogen-bond donors (Lipinski definition) is 4. The third-order valence-electron chi connectivity index (χ3n) is 5.03.